The van der Waals surface area contributed by atoms with Crippen LogP contribution in [0.25, 0.3) is 11.7 Å². The molecule has 1 saturated heterocycles. The minimum absolute atomic E-state index is 0.0573. The van der Waals surface area contributed by atoms with Crippen molar-refractivity contribution in [2.75, 3.05) is 17.7 Å². The van der Waals surface area contributed by atoms with Crippen molar-refractivity contribution in [3.8, 4) is 5.75 Å². The number of amides is 2. The summed E-state index contributed by atoms with van der Waals surface area (Å²) in [6.45, 7) is 2.01. The molecule has 3 heterocycles. The van der Waals surface area contributed by atoms with Crippen molar-refractivity contribution in [3.63, 3.8) is 0 Å². The quantitative estimate of drug-likeness (QED) is 0.417. The summed E-state index contributed by atoms with van der Waals surface area (Å²) < 4.78 is 7.20. The largest absolute Gasteiger partial charge is 0.495 e. The number of ether oxygens (including phenoxy) is 1. The maximum atomic E-state index is 12.0. The van der Waals surface area contributed by atoms with Gasteiger partial charge in [0, 0.05) is 23.2 Å². The highest BCUT2D eigenvalue weighted by Crippen LogP contribution is 2.31. The van der Waals surface area contributed by atoms with Crippen LogP contribution in [0.3, 0.4) is 0 Å². The number of methoxy groups -OCH3 is 1. The van der Waals surface area contributed by atoms with Crippen LogP contribution in [0.1, 0.15) is 30.4 Å². The van der Waals surface area contributed by atoms with Crippen molar-refractivity contribution < 1.29 is 14.3 Å². The van der Waals surface area contributed by atoms with E-state index in [1.165, 1.54) is 0 Å². The van der Waals surface area contributed by atoms with E-state index in [4.69, 9.17) is 9.72 Å². The average Bonchev–Trinajstić information content (AvgIpc) is 3.37. The Kier molecular flexibility index (Phi) is 4.58. The van der Waals surface area contributed by atoms with Crippen molar-refractivity contribution >= 4 is 40.9 Å². The number of nitrogens with one attached hydrogen (secondary N) is 3. The average molecular weight is 418 g/mol. The number of imide groups is 1. The van der Waals surface area contributed by atoms with Gasteiger partial charge in [-0.2, -0.15) is 9.61 Å². The second-order valence-electron chi connectivity index (χ2n) is 7.83. The van der Waals surface area contributed by atoms with Gasteiger partial charge < -0.3 is 15.4 Å². The fourth-order valence-electron chi connectivity index (χ4n) is 3.55. The number of carbonyl (C=O) groups is 2. The summed E-state index contributed by atoms with van der Waals surface area (Å²) >= 11 is 0. The SMILES string of the molecule is COc1ccc(C)cc1Nc1cc(NC2CC2)n2ncc(/C=C3\CC(=O)NC3=O)c2n1. The molecule has 2 aliphatic rings. The summed E-state index contributed by atoms with van der Waals surface area (Å²) in [6, 6.07) is 8.20. The molecule has 9 nitrogen and oxygen atoms in total. The molecule has 1 saturated carbocycles. The van der Waals surface area contributed by atoms with Crippen LogP contribution in [0.2, 0.25) is 0 Å². The van der Waals surface area contributed by atoms with Gasteiger partial charge in [-0.15, -0.1) is 0 Å². The van der Waals surface area contributed by atoms with E-state index in [0.29, 0.717) is 34.4 Å². The Balaban J connectivity index is 1.59. The molecular formula is C22H22N6O3. The minimum Gasteiger partial charge on any atom is -0.495 e. The molecule has 3 aromatic rings. The minimum atomic E-state index is -0.376. The normalized spacial score (nSPS) is 17.3. The Morgan fingerprint density at radius 1 is 1.26 bits per heavy atom. The molecule has 0 unspecified atom stereocenters. The Morgan fingerprint density at radius 3 is 2.81 bits per heavy atom. The second kappa shape index (κ2) is 7.42. The highest BCUT2D eigenvalue weighted by Gasteiger charge is 2.26. The van der Waals surface area contributed by atoms with E-state index in [0.717, 1.165) is 29.9 Å². The van der Waals surface area contributed by atoms with E-state index in [9.17, 15) is 9.59 Å². The first-order valence-corrected chi connectivity index (χ1v) is 10.1. The summed E-state index contributed by atoms with van der Waals surface area (Å²) in [5.74, 6) is 1.45. The molecule has 0 bridgehead atoms. The summed E-state index contributed by atoms with van der Waals surface area (Å²) in [5, 5.41) is 13.6. The summed E-state index contributed by atoms with van der Waals surface area (Å²) in [5.41, 5.74) is 3.54. The molecule has 1 aliphatic carbocycles. The predicted octanol–water partition coefficient (Wildman–Crippen LogP) is 2.79. The second-order valence-corrected chi connectivity index (χ2v) is 7.83. The van der Waals surface area contributed by atoms with Gasteiger partial charge in [-0.05, 0) is 43.5 Å². The lowest BCUT2D eigenvalue weighted by Crippen LogP contribution is -2.19. The number of hydrogen-bond donors (Lipinski definition) is 3. The molecule has 1 aliphatic heterocycles. The van der Waals surface area contributed by atoms with E-state index in [-0.39, 0.29) is 18.2 Å². The Morgan fingerprint density at radius 2 is 2.10 bits per heavy atom. The molecule has 2 aromatic heterocycles. The lowest BCUT2D eigenvalue weighted by Gasteiger charge is -2.14. The highest BCUT2D eigenvalue weighted by molar-refractivity contribution is 6.15. The molecular weight excluding hydrogens is 396 g/mol. The molecule has 5 rings (SSSR count). The first-order chi connectivity index (χ1) is 15.0. The first kappa shape index (κ1) is 19.1. The fraction of sp³-hybridized carbons (Fsp3) is 0.273. The van der Waals surface area contributed by atoms with E-state index in [1.54, 1.807) is 23.9 Å². The zero-order chi connectivity index (χ0) is 21.5. The zero-order valence-electron chi connectivity index (χ0n) is 17.2. The molecule has 9 heteroatoms. The van der Waals surface area contributed by atoms with Gasteiger partial charge in [0.2, 0.25) is 5.91 Å². The van der Waals surface area contributed by atoms with Gasteiger partial charge in [-0.3, -0.25) is 14.9 Å². The van der Waals surface area contributed by atoms with Crippen molar-refractivity contribution in [2.24, 2.45) is 0 Å². The van der Waals surface area contributed by atoms with Crippen LogP contribution in [-0.2, 0) is 9.59 Å². The Bertz CT molecular complexity index is 1240. The van der Waals surface area contributed by atoms with Crippen LogP contribution >= 0.6 is 0 Å². The van der Waals surface area contributed by atoms with Gasteiger partial charge in [0.1, 0.15) is 17.4 Å². The third-order valence-corrected chi connectivity index (χ3v) is 5.27. The molecule has 158 valence electrons. The highest BCUT2D eigenvalue weighted by atomic mass is 16.5. The van der Waals surface area contributed by atoms with Crippen LogP contribution < -0.4 is 20.7 Å². The van der Waals surface area contributed by atoms with Crippen LogP contribution in [-0.4, -0.2) is 39.6 Å². The number of nitrogens with zero attached hydrogens (tertiary/aromatic N) is 3. The van der Waals surface area contributed by atoms with E-state index in [2.05, 4.69) is 21.0 Å². The fourth-order valence-corrected chi connectivity index (χ4v) is 3.55. The van der Waals surface area contributed by atoms with Gasteiger partial charge >= 0.3 is 0 Å². The number of anilines is 3. The van der Waals surface area contributed by atoms with E-state index in [1.807, 2.05) is 31.2 Å². The van der Waals surface area contributed by atoms with Crippen LogP contribution in [0, 0.1) is 6.92 Å². The lowest BCUT2D eigenvalue weighted by molar-refractivity contribution is -0.124. The smallest absolute Gasteiger partial charge is 0.254 e. The first-order valence-electron chi connectivity index (χ1n) is 10.1. The summed E-state index contributed by atoms with van der Waals surface area (Å²) in [6.07, 6.45) is 5.60. The molecule has 0 radical (unpaired) electrons. The van der Waals surface area contributed by atoms with Crippen LogP contribution in [0.5, 0.6) is 5.75 Å². The topological polar surface area (TPSA) is 110 Å². The summed E-state index contributed by atoms with van der Waals surface area (Å²) in [7, 11) is 1.63. The monoisotopic (exact) mass is 418 g/mol. The molecule has 2 amide bonds. The number of carbonyl (C=O) groups excluding carboxylic acids is 2. The molecule has 2 fully saturated rings. The number of rotatable bonds is 6. The van der Waals surface area contributed by atoms with Crippen LogP contribution in [0.15, 0.2) is 36.0 Å². The number of benzene rings is 1. The standard InChI is InChI=1S/C22H22N6O3/c1-12-3-6-17(31-2)16(7-12)25-18-10-19(24-15-4-5-15)28-21(26-18)14(11-23-28)8-13-9-20(29)27-22(13)30/h3,6-8,10-11,15,24H,4-5,9H2,1-2H3,(H,25,26)(H,27,29,30)/b13-8+. The zero-order valence-corrected chi connectivity index (χ0v) is 17.2. The van der Waals surface area contributed by atoms with Crippen molar-refractivity contribution in [3.05, 3.63) is 47.2 Å². The molecule has 31 heavy (non-hydrogen) atoms. The maximum Gasteiger partial charge on any atom is 0.254 e. The van der Waals surface area contributed by atoms with Gasteiger partial charge in [0.15, 0.2) is 5.65 Å². The predicted molar refractivity (Wildman–Crippen MR) is 116 cm³/mol. The lowest BCUT2D eigenvalue weighted by atomic mass is 10.1. The van der Waals surface area contributed by atoms with E-state index < -0.39 is 0 Å². The third-order valence-electron chi connectivity index (χ3n) is 5.27. The molecule has 1 aromatic carbocycles. The van der Waals surface area contributed by atoms with Gasteiger partial charge in [0.25, 0.3) is 5.91 Å². The van der Waals surface area contributed by atoms with E-state index >= 15 is 0 Å². The molecule has 0 atom stereocenters. The van der Waals surface area contributed by atoms with Gasteiger partial charge in [-0.1, -0.05) is 6.07 Å². The van der Waals surface area contributed by atoms with Crippen molar-refractivity contribution in [1.82, 2.24) is 19.9 Å². The van der Waals surface area contributed by atoms with Gasteiger partial charge in [-0.25, -0.2) is 4.98 Å². The van der Waals surface area contributed by atoms with Crippen molar-refractivity contribution in [2.45, 2.75) is 32.2 Å². The molecule has 3 N–H and O–H groups in total. The Hall–Kier alpha value is -3.88. The van der Waals surface area contributed by atoms with Crippen molar-refractivity contribution in [1.29, 1.82) is 0 Å². The van der Waals surface area contributed by atoms with Gasteiger partial charge in [0.05, 0.1) is 25.4 Å². The molecule has 0 spiro atoms. The maximum absolute atomic E-state index is 12.0. The number of fused-ring (bicyclic) bond motifs is 1. The third kappa shape index (κ3) is 3.81. The number of aryl methyl sites for hydroxylation is 1. The Labute approximate surface area is 178 Å². The summed E-state index contributed by atoms with van der Waals surface area (Å²) in [4.78, 5) is 28.3. The number of hydrogen-bond acceptors (Lipinski definition) is 7. The number of aromatic nitrogens is 3. The van der Waals surface area contributed by atoms with Crippen LogP contribution in [0.4, 0.5) is 17.3 Å².